The second-order valence-corrected chi connectivity index (χ2v) is 15.3. The van der Waals surface area contributed by atoms with Gasteiger partial charge in [0.15, 0.2) is 3.55 Å². The summed E-state index contributed by atoms with van der Waals surface area (Å²) in [6.45, 7) is 10.3. The predicted octanol–water partition coefficient (Wildman–Crippen LogP) is 4.69. The lowest BCUT2D eigenvalue weighted by Gasteiger charge is -2.30. The number of anilines is 1. The molecule has 5 amide bonds. The summed E-state index contributed by atoms with van der Waals surface area (Å²) in [6, 6.07) is 11.6. The zero-order valence-corrected chi connectivity index (χ0v) is 30.7. The minimum atomic E-state index is -1.57. The van der Waals surface area contributed by atoms with Crippen molar-refractivity contribution < 1.29 is 38.6 Å². The van der Waals surface area contributed by atoms with Gasteiger partial charge in [0.05, 0.1) is 12.1 Å². The number of benzene rings is 2. The largest absolute Gasteiger partial charge is 0.444 e. The number of nitrogens with two attached hydrogens (primary N) is 1. The number of aliphatic hydroxyl groups is 1. The van der Waals surface area contributed by atoms with Gasteiger partial charge in [-0.3, -0.25) is 14.2 Å². The number of para-hydroxylation sites is 1. The molecule has 2 aromatic carbocycles. The third-order valence-electron chi connectivity index (χ3n) is 6.89. The van der Waals surface area contributed by atoms with Crippen LogP contribution in [0, 0.1) is 0 Å². The van der Waals surface area contributed by atoms with Gasteiger partial charge < -0.3 is 41.6 Å². The van der Waals surface area contributed by atoms with E-state index in [2.05, 4.69) is 21.3 Å². The summed E-state index contributed by atoms with van der Waals surface area (Å²) in [4.78, 5) is 65.3. The monoisotopic (exact) mass is 792 g/mol. The van der Waals surface area contributed by atoms with E-state index in [0.717, 1.165) is 0 Å². The number of carbonyl (C=O) groups is 5. The highest BCUT2D eigenvalue weighted by Gasteiger charge is 2.39. The van der Waals surface area contributed by atoms with Gasteiger partial charge in [-0.2, -0.15) is 0 Å². The Hall–Kier alpha value is -4.38. The first-order chi connectivity index (χ1) is 22.8. The smallest absolute Gasteiger partial charge is 0.419 e. The van der Waals surface area contributed by atoms with Gasteiger partial charge in [-0.15, -0.1) is 0 Å². The Kier molecular flexibility index (Phi) is 13.0. The molecule has 14 nitrogen and oxygen atoms in total. The number of ether oxygens (including phenoxy) is 2. The van der Waals surface area contributed by atoms with Crippen LogP contribution in [0.15, 0.2) is 54.7 Å². The minimum absolute atomic E-state index is 0.0667. The number of aliphatic hydroxyl groups excluding tert-OH is 1. The maximum Gasteiger partial charge on any atom is 0.419 e. The molecule has 0 bridgehead atoms. The Morgan fingerprint density at radius 1 is 0.939 bits per heavy atom. The quantitative estimate of drug-likeness (QED) is 0.0656. The lowest BCUT2D eigenvalue weighted by molar-refractivity contribution is -0.128. The van der Waals surface area contributed by atoms with Crippen molar-refractivity contribution in [1.82, 2.24) is 20.5 Å². The van der Waals surface area contributed by atoms with Crippen molar-refractivity contribution in [2.75, 3.05) is 11.9 Å². The van der Waals surface area contributed by atoms with Crippen LogP contribution in [0.25, 0.3) is 10.9 Å². The zero-order chi connectivity index (χ0) is 36.6. The molecule has 1 unspecified atom stereocenters. The minimum Gasteiger partial charge on any atom is -0.444 e. The topological polar surface area (TPSA) is 203 Å². The zero-order valence-electron chi connectivity index (χ0n) is 28.5. The van der Waals surface area contributed by atoms with Gasteiger partial charge in [0, 0.05) is 30.2 Å². The fraction of sp³-hybridized carbons (Fsp3) is 0.441. The van der Waals surface area contributed by atoms with Gasteiger partial charge >= 0.3 is 18.2 Å². The lowest BCUT2D eigenvalue weighted by atomic mass is 10.0. The molecule has 15 heteroatoms. The molecule has 0 saturated heterocycles. The Labute approximate surface area is 299 Å². The summed E-state index contributed by atoms with van der Waals surface area (Å²) in [5, 5.41) is 20.7. The van der Waals surface area contributed by atoms with Crippen LogP contribution in [0.1, 0.15) is 65.5 Å². The molecule has 2 atom stereocenters. The number of rotatable bonds is 12. The van der Waals surface area contributed by atoms with Crippen LogP contribution in [0.3, 0.4) is 0 Å². The molecule has 0 aliphatic carbocycles. The number of alkyl halides is 1. The van der Waals surface area contributed by atoms with Crippen LogP contribution in [0.5, 0.6) is 0 Å². The SMILES string of the molecule is CC(C)(C)OC(=O)N[C@H](Cc1cn(C(=O)OC(C)(C)C)c2ccccc12)C(=O)NC(I)(CCCNC(N)=O)C(=O)Nc1ccc(CO)cc1. The molecule has 3 aromatic rings. The van der Waals surface area contributed by atoms with E-state index in [1.54, 1.807) is 96.3 Å². The van der Waals surface area contributed by atoms with Crippen molar-refractivity contribution in [3.63, 3.8) is 0 Å². The highest BCUT2D eigenvalue weighted by Crippen LogP contribution is 2.27. The van der Waals surface area contributed by atoms with E-state index in [4.69, 9.17) is 15.2 Å². The molecule has 0 radical (unpaired) electrons. The number of alkyl carbamates (subject to hydrolysis) is 1. The van der Waals surface area contributed by atoms with Gasteiger partial charge in [-0.1, -0.05) is 30.3 Å². The highest BCUT2D eigenvalue weighted by atomic mass is 127. The summed E-state index contributed by atoms with van der Waals surface area (Å²) >= 11 is 1.84. The van der Waals surface area contributed by atoms with Crippen LogP contribution in [0.2, 0.25) is 0 Å². The van der Waals surface area contributed by atoms with E-state index in [-0.39, 0.29) is 32.4 Å². The Morgan fingerprint density at radius 2 is 1.57 bits per heavy atom. The molecule has 0 aliphatic rings. The average Bonchev–Trinajstić information content (AvgIpc) is 3.36. The Bertz CT molecular complexity index is 1660. The summed E-state index contributed by atoms with van der Waals surface area (Å²) in [5.74, 6) is -1.28. The van der Waals surface area contributed by atoms with Gasteiger partial charge in [0.2, 0.25) is 5.91 Å². The summed E-state index contributed by atoms with van der Waals surface area (Å²) in [5.41, 5.74) is 5.73. The van der Waals surface area contributed by atoms with E-state index in [9.17, 15) is 29.1 Å². The van der Waals surface area contributed by atoms with Gasteiger partial charge in [-0.05, 0) is 106 Å². The van der Waals surface area contributed by atoms with Crippen LogP contribution in [0.4, 0.5) is 20.1 Å². The van der Waals surface area contributed by atoms with Gasteiger partial charge in [-0.25, -0.2) is 14.4 Å². The number of nitrogens with one attached hydrogen (secondary N) is 4. The number of hydrogen-bond acceptors (Lipinski definition) is 8. The van der Waals surface area contributed by atoms with Crippen molar-refractivity contribution in [3.05, 3.63) is 65.9 Å². The van der Waals surface area contributed by atoms with E-state index in [1.165, 1.54) is 4.57 Å². The number of halogens is 1. The van der Waals surface area contributed by atoms with Crippen molar-refractivity contribution in [2.24, 2.45) is 5.73 Å². The predicted molar refractivity (Wildman–Crippen MR) is 193 cm³/mol. The second kappa shape index (κ2) is 16.3. The normalized spacial score (nSPS) is 13.5. The molecule has 7 N–H and O–H groups in total. The standard InChI is InChI=1S/C34H45IN6O8/c1-32(2,3)48-30(46)39-25(18-22-19-41(31(47)49-33(4,5)6)26-11-8-7-10-24(22)26)27(43)40-34(35,16-9-17-37-29(36)45)28(44)38-23-14-12-21(20-42)13-15-23/h7-8,10-15,19,25,42H,9,16-18,20H2,1-6H3,(H,38,44)(H,39,46)(H,40,43)(H3,36,37,45)/t25-,34?/m1/s1. The Morgan fingerprint density at radius 3 is 2.16 bits per heavy atom. The van der Waals surface area contributed by atoms with Crippen LogP contribution >= 0.6 is 22.6 Å². The molecule has 0 aliphatic heterocycles. The molecule has 49 heavy (non-hydrogen) atoms. The van der Waals surface area contributed by atoms with Crippen molar-refractivity contribution >= 4 is 69.2 Å². The maximum absolute atomic E-state index is 14.1. The number of nitrogens with zero attached hydrogens (tertiary/aromatic N) is 1. The number of carbonyl (C=O) groups excluding carboxylic acids is 5. The second-order valence-electron chi connectivity index (χ2n) is 13.4. The van der Waals surface area contributed by atoms with Crippen molar-refractivity contribution in [2.45, 2.75) is 88.2 Å². The number of amides is 5. The van der Waals surface area contributed by atoms with Crippen molar-refractivity contribution in [1.29, 1.82) is 0 Å². The van der Waals surface area contributed by atoms with Gasteiger partial charge in [0.1, 0.15) is 17.2 Å². The highest BCUT2D eigenvalue weighted by molar-refractivity contribution is 14.1. The first kappa shape index (κ1) is 39.1. The first-order valence-corrected chi connectivity index (χ1v) is 16.8. The van der Waals surface area contributed by atoms with Gasteiger partial charge in [0.25, 0.3) is 5.91 Å². The van der Waals surface area contributed by atoms with E-state index in [0.29, 0.717) is 27.7 Å². The summed E-state index contributed by atoms with van der Waals surface area (Å²) < 4.78 is 10.8. The number of urea groups is 1. The lowest BCUT2D eigenvalue weighted by Crippen LogP contribution is -2.58. The third-order valence-corrected chi connectivity index (χ3v) is 8.19. The number of hydrogen-bond donors (Lipinski definition) is 6. The molecule has 0 spiro atoms. The number of aromatic nitrogens is 1. The van der Waals surface area contributed by atoms with Crippen LogP contribution in [-0.2, 0) is 32.1 Å². The first-order valence-electron chi connectivity index (χ1n) is 15.7. The Balaban J connectivity index is 1.98. The fourth-order valence-corrected chi connectivity index (χ4v) is 5.52. The average molecular weight is 793 g/mol. The molecule has 3 rings (SSSR count). The molecular formula is C34H45IN6O8. The maximum atomic E-state index is 14.1. The van der Waals surface area contributed by atoms with E-state index in [1.807, 2.05) is 22.6 Å². The summed E-state index contributed by atoms with van der Waals surface area (Å²) in [6.07, 6.45) is 0.332. The number of primary amides is 1. The summed E-state index contributed by atoms with van der Waals surface area (Å²) in [7, 11) is 0. The molecule has 0 saturated carbocycles. The number of fused-ring (bicyclic) bond motifs is 1. The van der Waals surface area contributed by atoms with Crippen LogP contribution < -0.4 is 27.0 Å². The van der Waals surface area contributed by atoms with E-state index < -0.39 is 50.8 Å². The molecule has 266 valence electrons. The fourth-order valence-electron chi connectivity index (χ4n) is 4.74. The third kappa shape index (κ3) is 11.9. The van der Waals surface area contributed by atoms with Crippen LogP contribution in [-0.4, -0.2) is 67.0 Å². The molecule has 0 fully saturated rings. The molecule has 1 heterocycles. The molecular weight excluding hydrogens is 747 g/mol. The van der Waals surface area contributed by atoms with Crippen molar-refractivity contribution in [3.8, 4) is 0 Å². The molecule has 1 aromatic heterocycles. The van der Waals surface area contributed by atoms with E-state index >= 15 is 0 Å².